The highest BCUT2D eigenvalue weighted by Crippen LogP contribution is 2.28. The van der Waals surface area contributed by atoms with Crippen LogP contribution in [0.25, 0.3) is 0 Å². The van der Waals surface area contributed by atoms with Crippen molar-refractivity contribution in [2.24, 2.45) is 0 Å². The Morgan fingerprint density at radius 3 is 2.71 bits per heavy atom. The van der Waals surface area contributed by atoms with Gasteiger partial charge in [-0.25, -0.2) is 0 Å². The maximum atomic E-state index is 10.7. The molecule has 0 radical (unpaired) electrons. The van der Waals surface area contributed by atoms with Crippen molar-refractivity contribution in [2.75, 3.05) is 20.5 Å². The first-order chi connectivity index (χ1) is 8.31. The van der Waals surface area contributed by atoms with Crippen molar-refractivity contribution in [1.29, 1.82) is 0 Å². The van der Waals surface area contributed by atoms with E-state index in [1.54, 1.807) is 25.3 Å². The summed E-state index contributed by atoms with van der Waals surface area (Å²) in [5.41, 5.74) is 0.571. The van der Waals surface area contributed by atoms with Gasteiger partial charge in [0.15, 0.2) is 18.3 Å². The molecule has 1 aromatic rings. The predicted octanol–water partition coefficient (Wildman–Crippen LogP) is 2.66. The first kappa shape index (κ1) is 13.5. The summed E-state index contributed by atoms with van der Waals surface area (Å²) in [5, 5.41) is 0. The minimum atomic E-state index is 0.157. The summed E-state index contributed by atoms with van der Waals surface area (Å²) in [5.74, 6) is 1.17. The lowest BCUT2D eigenvalue weighted by Crippen LogP contribution is -2.03. The number of unbranched alkanes of at least 4 members (excludes halogenated alkanes) is 1. The molecule has 0 N–H and O–H groups in total. The summed E-state index contributed by atoms with van der Waals surface area (Å²) in [4.78, 5) is 10.7. The van der Waals surface area contributed by atoms with Gasteiger partial charge in [0.2, 0.25) is 0 Å². The molecule has 0 aliphatic heterocycles. The zero-order chi connectivity index (χ0) is 12.5. The molecule has 1 rings (SSSR count). The second-order valence-corrected chi connectivity index (χ2v) is 3.58. The van der Waals surface area contributed by atoms with E-state index in [2.05, 4.69) is 6.92 Å². The predicted molar refractivity (Wildman–Crippen MR) is 64.7 cm³/mol. The van der Waals surface area contributed by atoms with Crippen molar-refractivity contribution in [3.8, 4) is 11.5 Å². The van der Waals surface area contributed by atoms with Crippen LogP contribution in [0, 0.1) is 0 Å². The van der Waals surface area contributed by atoms with Crippen molar-refractivity contribution >= 4 is 6.29 Å². The van der Waals surface area contributed by atoms with Gasteiger partial charge in [-0.15, -0.1) is 0 Å². The minimum absolute atomic E-state index is 0.157. The molecule has 94 valence electrons. The Kier molecular flexibility index (Phi) is 6.10. The molecular formula is C13H18O4. The van der Waals surface area contributed by atoms with Crippen molar-refractivity contribution < 1.29 is 19.0 Å². The van der Waals surface area contributed by atoms with Gasteiger partial charge in [0, 0.05) is 12.7 Å². The molecule has 0 heterocycles. The topological polar surface area (TPSA) is 44.8 Å². The molecule has 0 fully saturated rings. The Morgan fingerprint density at radius 2 is 2.06 bits per heavy atom. The number of ether oxygens (including phenoxy) is 3. The van der Waals surface area contributed by atoms with Crippen LogP contribution in [0.5, 0.6) is 11.5 Å². The first-order valence-electron chi connectivity index (χ1n) is 5.65. The number of rotatable bonds is 8. The fourth-order valence-electron chi connectivity index (χ4n) is 1.28. The number of carbonyl (C=O) groups is 1. The van der Waals surface area contributed by atoms with Gasteiger partial charge in [-0.05, 0) is 24.6 Å². The molecule has 17 heavy (non-hydrogen) atoms. The fourth-order valence-corrected chi connectivity index (χ4v) is 1.28. The van der Waals surface area contributed by atoms with Crippen LogP contribution in [0.2, 0.25) is 0 Å². The second-order valence-electron chi connectivity index (χ2n) is 3.58. The molecule has 0 bridgehead atoms. The highest BCUT2D eigenvalue weighted by Gasteiger charge is 2.06. The molecule has 0 aromatic heterocycles. The number of carbonyl (C=O) groups excluding carboxylic acids is 1. The van der Waals surface area contributed by atoms with Crippen molar-refractivity contribution in [2.45, 2.75) is 19.8 Å². The van der Waals surface area contributed by atoms with Crippen LogP contribution >= 0.6 is 0 Å². The maximum Gasteiger partial charge on any atom is 0.188 e. The summed E-state index contributed by atoms with van der Waals surface area (Å²) >= 11 is 0. The number of benzene rings is 1. The maximum absolute atomic E-state index is 10.7. The molecule has 4 nitrogen and oxygen atoms in total. The van der Waals surface area contributed by atoms with Gasteiger partial charge < -0.3 is 14.2 Å². The van der Waals surface area contributed by atoms with E-state index < -0.39 is 0 Å². The van der Waals surface area contributed by atoms with Crippen molar-refractivity contribution in [1.82, 2.24) is 0 Å². The smallest absolute Gasteiger partial charge is 0.188 e. The fraction of sp³-hybridized carbons (Fsp3) is 0.462. The van der Waals surface area contributed by atoms with Crippen LogP contribution < -0.4 is 9.47 Å². The summed E-state index contributed by atoms with van der Waals surface area (Å²) in [6.45, 7) is 2.86. The normalized spacial score (nSPS) is 10.0. The molecule has 0 aliphatic carbocycles. The summed E-state index contributed by atoms with van der Waals surface area (Å²) in [6, 6.07) is 5.07. The van der Waals surface area contributed by atoms with Crippen molar-refractivity contribution in [3.05, 3.63) is 23.8 Å². The van der Waals surface area contributed by atoms with Crippen molar-refractivity contribution in [3.63, 3.8) is 0 Å². The lowest BCUT2D eigenvalue weighted by atomic mass is 10.2. The third kappa shape index (κ3) is 4.44. The van der Waals surface area contributed by atoms with Gasteiger partial charge in [-0.3, -0.25) is 4.79 Å². The zero-order valence-corrected chi connectivity index (χ0v) is 10.3. The summed E-state index contributed by atoms with van der Waals surface area (Å²) < 4.78 is 15.8. The molecular weight excluding hydrogens is 220 g/mol. The molecule has 1 aromatic carbocycles. The SMILES string of the molecule is CCCCOc1cc(C=O)ccc1OCOC. The Morgan fingerprint density at radius 1 is 1.24 bits per heavy atom. The molecule has 4 heteroatoms. The Bertz CT molecular complexity index is 349. The van der Waals surface area contributed by atoms with Gasteiger partial charge in [0.25, 0.3) is 0 Å². The van der Waals surface area contributed by atoms with E-state index in [9.17, 15) is 4.79 Å². The third-order valence-corrected chi connectivity index (χ3v) is 2.19. The van der Waals surface area contributed by atoms with E-state index in [-0.39, 0.29) is 6.79 Å². The van der Waals surface area contributed by atoms with Crippen LogP contribution in [-0.2, 0) is 4.74 Å². The molecule has 0 unspecified atom stereocenters. The standard InChI is InChI=1S/C13H18O4/c1-3-4-7-16-13-8-11(9-14)5-6-12(13)17-10-15-2/h5-6,8-9H,3-4,7,10H2,1-2H3. The second kappa shape index (κ2) is 7.68. The van der Waals surface area contributed by atoms with Crippen LogP contribution in [0.4, 0.5) is 0 Å². The lowest BCUT2D eigenvalue weighted by Gasteiger charge is -2.12. The summed E-state index contributed by atoms with van der Waals surface area (Å²) in [7, 11) is 1.55. The molecule has 0 aliphatic rings. The van der Waals surface area contributed by atoms with Crippen LogP contribution in [0.1, 0.15) is 30.1 Å². The van der Waals surface area contributed by atoms with E-state index in [4.69, 9.17) is 14.2 Å². The molecule has 0 saturated carbocycles. The summed E-state index contributed by atoms with van der Waals surface area (Å²) in [6.07, 6.45) is 2.81. The number of aldehydes is 1. The molecule has 0 spiro atoms. The van der Waals surface area contributed by atoms with E-state index in [0.29, 0.717) is 23.7 Å². The number of hydrogen-bond donors (Lipinski definition) is 0. The molecule has 0 amide bonds. The quantitative estimate of drug-likeness (QED) is 0.397. The van der Waals surface area contributed by atoms with E-state index in [1.807, 2.05) is 0 Å². The van der Waals surface area contributed by atoms with E-state index in [1.165, 1.54) is 0 Å². The molecule has 0 saturated heterocycles. The first-order valence-corrected chi connectivity index (χ1v) is 5.65. The van der Waals surface area contributed by atoms with Gasteiger partial charge in [-0.1, -0.05) is 13.3 Å². The number of hydrogen-bond acceptors (Lipinski definition) is 4. The Hall–Kier alpha value is -1.55. The minimum Gasteiger partial charge on any atom is -0.490 e. The van der Waals surface area contributed by atoms with Crippen LogP contribution in [0.3, 0.4) is 0 Å². The Balaban J connectivity index is 2.75. The average Bonchev–Trinajstić information content (AvgIpc) is 2.37. The zero-order valence-electron chi connectivity index (χ0n) is 10.3. The van der Waals surface area contributed by atoms with Gasteiger partial charge in [0.05, 0.1) is 6.61 Å². The van der Waals surface area contributed by atoms with Gasteiger partial charge in [-0.2, -0.15) is 0 Å². The van der Waals surface area contributed by atoms with E-state index >= 15 is 0 Å². The monoisotopic (exact) mass is 238 g/mol. The molecule has 0 atom stereocenters. The van der Waals surface area contributed by atoms with E-state index in [0.717, 1.165) is 19.1 Å². The van der Waals surface area contributed by atoms with Crippen LogP contribution in [-0.4, -0.2) is 26.8 Å². The highest BCUT2D eigenvalue weighted by atomic mass is 16.7. The largest absolute Gasteiger partial charge is 0.490 e. The average molecular weight is 238 g/mol. The Labute approximate surface area is 101 Å². The van der Waals surface area contributed by atoms with Crippen LogP contribution in [0.15, 0.2) is 18.2 Å². The lowest BCUT2D eigenvalue weighted by molar-refractivity contribution is 0.0485. The van der Waals surface area contributed by atoms with Gasteiger partial charge >= 0.3 is 0 Å². The van der Waals surface area contributed by atoms with Gasteiger partial charge in [0.1, 0.15) is 6.29 Å². The number of methoxy groups -OCH3 is 1. The third-order valence-electron chi connectivity index (χ3n) is 2.19. The highest BCUT2D eigenvalue weighted by molar-refractivity contribution is 5.76.